The summed E-state index contributed by atoms with van der Waals surface area (Å²) < 4.78 is 0. The van der Waals surface area contributed by atoms with E-state index in [1.54, 1.807) is 11.8 Å². The van der Waals surface area contributed by atoms with E-state index in [4.69, 9.17) is 0 Å². The Morgan fingerprint density at radius 2 is 1.76 bits per heavy atom. The van der Waals surface area contributed by atoms with Crippen LogP contribution in [0, 0.1) is 0 Å². The quantitative estimate of drug-likeness (QED) is 0.380. The van der Waals surface area contributed by atoms with Gasteiger partial charge in [0.25, 0.3) is 0 Å². The van der Waals surface area contributed by atoms with Crippen LogP contribution in [0.4, 0.5) is 0 Å². The van der Waals surface area contributed by atoms with E-state index in [1.807, 2.05) is 30.3 Å². The summed E-state index contributed by atoms with van der Waals surface area (Å²) >= 11 is 1.72. The lowest BCUT2D eigenvalue weighted by Gasteiger charge is -2.06. The minimum absolute atomic E-state index is 0.196. The second kappa shape index (κ2) is 9.82. The molecule has 1 aromatic carbocycles. The van der Waals surface area contributed by atoms with Gasteiger partial charge in [-0.1, -0.05) is 18.2 Å². The molecule has 0 heterocycles. The maximum Gasteiger partial charge on any atom is 0.309 e. The Hall–Kier alpha value is -2.02. The fraction of sp³-hybridized carbons (Fsp3) is 0.357. The Labute approximate surface area is 128 Å². The van der Waals surface area contributed by atoms with Crippen molar-refractivity contribution in [2.24, 2.45) is 0 Å². The maximum atomic E-state index is 11.4. The van der Waals surface area contributed by atoms with Crippen molar-refractivity contribution in [3.8, 4) is 0 Å². The van der Waals surface area contributed by atoms with Crippen LogP contribution in [-0.4, -0.2) is 43.6 Å². The third-order valence-corrected chi connectivity index (χ3v) is 3.60. The van der Waals surface area contributed by atoms with Gasteiger partial charge in [0.2, 0.25) is 5.91 Å². The van der Waals surface area contributed by atoms with Gasteiger partial charge in [-0.25, -0.2) is 0 Å². The highest BCUT2D eigenvalue weighted by Crippen LogP contribution is 2.17. The number of carbonyl (C=O) groups is 3. The van der Waals surface area contributed by atoms with E-state index in [0.717, 1.165) is 12.2 Å². The van der Waals surface area contributed by atoms with Gasteiger partial charge in [-0.3, -0.25) is 14.4 Å². The fourth-order valence-electron chi connectivity index (χ4n) is 1.42. The van der Waals surface area contributed by atoms with Crippen molar-refractivity contribution in [1.82, 2.24) is 16.0 Å². The first-order chi connectivity index (χ1) is 10.1. The van der Waals surface area contributed by atoms with Crippen LogP contribution in [0.25, 0.3) is 0 Å². The third-order valence-electron chi connectivity index (χ3n) is 2.50. The van der Waals surface area contributed by atoms with E-state index in [-0.39, 0.29) is 12.5 Å². The molecular formula is C14H19N3O3S. The first-order valence-corrected chi connectivity index (χ1v) is 7.56. The fourth-order valence-corrected chi connectivity index (χ4v) is 2.30. The molecule has 0 saturated heterocycles. The lowest BCUT2D eigenvalue weighted by Crippen LogP contribution is -2.43. The number of rotatable bonds is 7. The monoisotopic (exact) mass is 309 g/mol. The zero-order valence-electron chi connectivity index (χ0n) is 11.8. The van der Waals surface area contributed by atoms with Gasteiger partial charge in [-0.05, 0) is 24.3 Å². The SMILES string of the molecule is CNC(=O)C(=O)NCC(=O)NCCCSc1ccccc1. The molecule has 114 valence electrons. The number of amides is 3. The largest absolute Gasteiger partial charge is 0.355 e. The van der Waals surface area contributed by atoms with Gasteiger partial charge in [0.15, 0.2) is 0 Å². The van der Waals surface area contributed by atoms with Crippen molar-refractivity contribution < 1.29 is 14.4 Å². The van der Waals surface area contributed by atoms with E-state index in [0.29, 0.717) is 6.54 Å². The maximum absolute atomic E-state index is 11.4. The van der Waals surface area contributed by atoms with Crippen LogP contribution >= 0.6 is 11.8 Å². The van der Waals surface area contributed by atoms with Crippen molar-refractivity contribution in [2.75, 3.05) is 25.9 Å². The summed E-state index contributed by atoms with van der Waals surface area (Å²) in [6.07, 6.45) is 0.828. The molecule has 21 heavy (non-hydrogen) atoms. The first kappa shape index (κ1) is 17.0. The topological polar surface area (TPSA) is 87.3 Å². The number of hydrogen-bond donors (Lipinski definition) is 3. The number of hydrogen-bond acceptors (Lipinski definition) is 4. The van der Waals surface area contributed by atoms with E-state index in [1.165, 1.54) is 11.9 Å². The minimum atomic E-state index is -0.813. The van der Waals surface area contributed by atoms with Crippen molar-refractivity contribution in [3.63, 3.8) is 0 Å². The van der Waals surface area contributed by atoms with Crippen LogP contribution in [0.3, 0.4) is 0 Å². The Morgan fingerprint density at radius 1 is 1.05 bits per heavy atom. The Kier molecular flexibility index (Phi) is 7.96. The number of thioether (sulfide) groups is 1. The lowest BCUT2D eigenvalue weighted by molar-refractivity contribution is -0.139. The molecule has 0 aromatic heterocycles. The molecule has 1 aromatic rings. The van der Waals surface area contributed by atoms with Gasteiger partial charge < -0.3 is 16.0 Å². The Morgan fingerprint density at radius 3 is 2.43 bits per heavy atom. The molecule has 0 spiro atoms. The average molecular weight is 309 g/mol. The van der Waals surface area contributed by atoms with E-state index < -0.39 is 11.8 Å². The van der Waals surface area contributed by atoms with Crippen LogP contribution in [0.5, 0.6) is 0 Å². The molecule has 0 radical (unpaired) electrons. The Bertz CT molecular complexity index is 480. The van der Waals surface area contributed by atoms with Gasteiger partial charge >= 0.3 is 11.8 Å². The predicted octanol–water partition coefficient (Wildman–Crippen LogP) is 0.147. The molecule has 3 amide bonds. The molecule has 0 bridgehead atoms. The van der Waals surface area contributed by atoms with Gasteiger partial charge in [0.1, 0.15) is 0 Å². The molecule has 3 N–H and O–H groups in total. The van der Waals surface area contributed by atoms with Gasteiger partial charge in [0.05, 0.1) is 6.54 Å². The van der Waals surface area contributed by atoms with Gasteiger partial charge in [-0.2, -0.15) is 0 Å². The van der Waals surface area contributed by atoms with Crippen LogP contribution in [0.1, 0.15) is 6.42 Å². The molecule has 0 unspecified atom stereocenters. The summed E-state index contributed by atoms with van der Waals surface area (Å²) in [6, 6.07) is 10.0. The first-order valence-electron chi connectivity index (χ1n) is 6.58. The summed E-state index contributed by atoms with van der Waals surface area (Å²) in [5, 5.41) is 7.09. The minimum Gasteiger partial charge on any atom is -0.355 e. The van der Waals surface area contributed by atoms with Crippen LogP contribution in [0.2, 0.25) is 0 Å². The summed E-state index contributed by atoms with van der Waals surface area (Å²) in [5.41, 5.74) is 0. The standard InChI is InChI=1S/C14H19N3O3S/c1-15-13(19)14(20)17-10-12(18)16-8-5-9-21-11-6-3-2-4-7-11/h2-4,6-7H,5,8-10H2,1H3,(H,15,19)(H,16,18)(H,17,20). The third kappa shape index (κ3) is 7.36. The van der Waals surface area contributed by atoms with Gasteiger partial charge in [0, 0.05) is 18.5 Å². The predicted molar refractivity (Wildman–Crippen MR) is 81.9 cm³/mol. The zero-order valence-corrected chi connectivity index (χ0v) is 12.7. The molecule has 6 nitrogen and oxygen atoms in total. The summed E-state index contributed by atoms with van der Waals surface area (Å²) in [4.78, 5) is 34.6. The number of nitrogens with one attached hydrogen (secondary N) is 3. The highest BCUT2D eigenvalue weighted by molar-refractivity contribution is 7.99. The summed E-state index contributed by atoms with van der Waals surface area (Å²) in [6.45, 7) is 0.340. The molecule has 0 atom stereocenters. The number of benzene rings is 1. The van der Waals surface area contributed by atoms with Crippen molar-refractivity contribution in [1.29, 1.82) is 0 Å². The molecule has 1 rings (SSSR count). The number of carbonyl (C=O) groups excluding carboxylic acids is 3. The van der Waals surface area contributed by atoms with Crippen molar-refractivity contribution in [3.05, 3.63) is 30.3 Å². The molecule has 0 saturated carbocycles. The molecule has 0 aliphatic rings. The molecule has 7 heteroatoms. The highest BCUT2D eigenvalue weighted by Gasteiger charge is 2.11. The van der Waals surface area contributed by atoms with E-state index in [2.05, 4.69) is 16.0 Å². The second-order valence-corrected chi connectivity index (χ2v) is 5.30. The molecule has 0 aliphatic heterocycles. The van der Waals surface area contributed by atoms with Gasteiger partial charge in [-0.15, -0.1) is 11.8 Å². The molecule has 0 fully saturated rings. The van der Waals surface area contributed by atoms with Crippen LogP contribution < -0.4 is 16.0 Å². The summed E-state index contributed by atoms with van der Waals surface area (Å²) in [5.74, 6) is -0.985. The van der Waals surface area contributed by atoms with Crippen LogP contribution in [-0.2, 0) is 14.4 Å². The van der Waals surface area contributed by atoms with E-state index >= 15 is 0 Å². The normalized spacial score (nSPS) is 9.76. The molecule has 0 aliphatic carbocycles. The van der Waals surface area contributed by atoms with Crippen molar-refractivity contribution in [2.45, 2.75) is 11.3 Å². The lowest BCUT2D eigenvalue weighted by atomic mass is 10.4. The van der Waals surface area contributed by atoms with Crippen molar-refractivity contribution >= 4 is 29.5 Å². The smallest absolute Gasteiger partial charge is 0.309 e. The Balaban J connectivity index is 2.06. The molecular weight excluding hydrogens is 290 g/mol. The van der Waals surface area contributed by atoms with E-state index in [9.17, 15) is 14.4 Å². The summed E-state index contributed by atoms with van der Waals surface area (Å²) in [7, 11) is 1.35. The highest BCUT2D eigenvalue weighted by atomic mass is 32.2. The number of likely N-dealkylation sites (N-methyl/N-ethyl adjacent to an activating group) is 1. The average Bonchev–Trinajstić information content (AvgIpc) is 2.52. The zero-order chi connectivity index (χ0) is 15.5. The van der Waals surface area contributed by atoms with Crippen LogP contribution in [0.15, 0.2) is 35.2 Å². The second-order valence-electron chi connectivity index (χ2n) is 4.13.